The number of hydrogen-bond donors (Lipinski definition) is 1. The van der Waals surface area contributed by atoms with Crippen LogP contribution in [0.2, 0.25) is 0 Å². The second kappa shape index (κ2) is 8.23. The molecule has 0 radical (unpaired) electrons. The van der Waals surface area contributed by atoms with Crippen molar-refractivity contribution in [2.75, 3.05) is 12.9 Å². The monoisotopic (exact) mass is 432 g/mol. The Hall–Kier alpha value is -3.06. The van der Waals surface area contributed by atoms with Gasteiger partial charge in [0.25, 0.3) is 0 Å². The van der Waals surface area contributed by atoms with Gasteiger partial charge in [0.2, 0.25) is 5.91 Å². The van der Waals surface area contributed by atoms with Crippen molar-refractivity contribution in [1.82, 2.24) is 19.9 Å². The number of ether oxygens (including phenoxy) is 1. The Bertz CT molecular complexity index is 1250. The Morgan fingerprint density at radius 1 is 1.19 bits per heavy atom. The third-order valence-electron chi connectivity index (χ3n) is 5.78. The van der Waals surface area contributed by atoms with Crippen LogP contribution in [0.25, 0.3) is 16.6 Å². The number of fused-ring (bicyclic) bond motifs is 3. The number of hydrogen-bond acceptors (Lipinski definition) is 5. The molecule has 0 saturated heterocycles. The molecule has 1 N–H and O–H groups in total. The highest BCUT2D eigenvalue weighted by Crippen LogP contribution is 2.41. The summed E-state index contributed by atoms with van der Waals surface area (Å²) in [5.74, 6) is 1.61. The van der Waals surface area contributed by atoms with Crippen molar-refractivity contribution < 1.29 is 9.53 Å². The van der Waals surface area contributed by atoms with E-state index in [-0.39, 0.29) is 17.7 Å². The molecule has 1 aliphatic rings. The number of nitrogens with zero attached hydrogens (tertiary/aromatic N) is 3. The van der Waals surface area contributed by atoms with E-state index in [1.54, 1.807) is 7.11 Å². The summed E-state index contributed by atoms with van der Waals surface area (Å²) in [5.41, 5.74) is 4.04. The van der Waals surface area contributed by atoms with Crippen molar-refractivity contribution in [2.45, 2.75) is 31.0 Å². The highest BCUT2D eigenvalue weighted by molar-refractivity contribution is 7.99. The fourth-order valence-electron chi connectivity index (χ4n) is 4.03. The Kier molecular flexibility index (Phi) is 5.28. The quantitative estimate of drug-likeness (QED) is 0.434. The molecule has 2 aromatic heterocycles. The lowest BCUT2D eigenvalue weighted by Crippen LogP contribution is -2.31. The zero-order valence-electron chi connectivity index (χ0n) is 17.5. The third-order valence-corrected chi connectivity index (χ3v) is 6.70. The van der Waals surface area contributed by atoms with Gasteiger partial charge in [-0.3, -0.25) is 9.20 Å². The molecule has 0 spiro atoms. The van der Waals surface area contributed by atoms with Crippen LogP contribution in [-0.4, -0.2) is 33.4 Å². The molecule has 1 unspecified atom stereocenters. The number of carbonyl (C=O) groups excluding carboxylic acids is 1. The largest absolute Gasteiger partial charge is 0.497 e. The van der Waals surface area contributed by atoms with Gasteiger partial charge in [-0.25, -0.2) is 0 Å². The normalized spacial score (nSPS) is 14.6. The second-order valence-corrected chi connectivity index (χ2v) is 8.91. The number of aromatic nitrogens is 3. The molecule has 0 aliphatic heterocycles. The minimum Gasteiger partial charge on any atom is -0.497 e. The highest BCUT2D eigenvalue weighted by Gasteiger charge is 2.33. The first-order valence-corrected chi connectivity index (χ1v) is 11.4. The SMILES string of the molecule is COc1ccc2c(C)cc3nnc(SCC(=O)NC(c4ccccc4)C4CC4)n3c2c1. The summed E-state index contributed by atoms with van der Waals surface area (Å²) >= 11 is 1.40. The minimum absolute atomic E-state index is 0.0106. The van der Waals surface area contributed by atoms with Crippen LogP contribution in [0.4, 0.5) is 0 Å². The van der Waals surface area contributed by atoms with Gasteiger partial charge in [0.05, 0.1) is 24.4 Å². The van der Waals surface area contributed by atoms with Crippen LogP contribution in [-0.2, 0) is 4.79 Å². The van der Waals surface area contributed by atoms with E-state index in [0.29, 0.717) is 11.1 Å². The van der Waals surface area contributed by atoms with Crippen LogP contribution < -0.4 is 10.1 Å². The number of amides is 1. The molecule has 1 saturated carbocycles. The molecule has 5 rings (SSSR count). The Morgan fingerprint density at radius 3 is 2.74 bits per heavy atom. The fourth-order valence-corrected chi connectivity index (χ4v) is 4.79. The first-order chi connectivity index (χ1) is 15.1. The molecule has 7 heteroatoms. The number of nitrogens with one attached hydrogen (secondary N) is 1. The molecule has 1 aliphatic carbocycles. The first-order valence-electron chi connectivity index (χ1n) is 10.4. The second-order valence-electron chi connectivity index (χ2n) is 7.97. The summed E-state index contributed by atoms with van der Waals surface area (Å²) in [6.45, 7) is 2.06. The van der Waals surface area contributed by atoms with Gasteiger partial charge in [-0.2, -0.15) is 0 Å². The number of carbonyl (C=O) groups is 1. The number of benzene rings is 2. The molecular weight excluding hydrogens is 408 g/mol. The molecule has 0 bridgehead atoms. The fraction of sp³-hybridized carbons (Fsp3) is 0.292. The van der Waals surface area contributed by atoms with Crippen LogP contribution in [0.1, 0.15) is 30.0 Å². The number of aryl methyl sites for hydroxylation is 1. The Balaban J connectivity index is 1.38. The average molecular weight is 433 g/mol. The third kappa shape index (κ3) is 3.97. The van der Waals surface area contributed by atoms with E-state index in [1.807, 2.05) is 46.9 Å². The van der Waals surface area contributed by atoms with Gasteiger partial charge in [0, 0.05) is 11.5 Å². The smallest absolute Gasteiger partial charge is 0.230 e. The number of thioether (sulfide) groups is 1. The van der Waals surface area contributed by atoms with Crippen molar-refractivity contribution in [2.24, 2.45) is 5.92 Å². The van der Waals surface area contributed by atoms with Gasteiger partial charge in [0.15, 0.2) is 10.8 Å². The van der Waals surface area contributed by atoms with E-state index >= 15 is 0 Å². The molecular formula is C24H24N4O2S. The average Bonchev–Trinajstić information content (AvgIpc) is 3.56. The molecule has 6 nitrogen and oxygen atoms in total. The zero-order valence-corrected chi connectivity index (χ0v) is 18.4. The van der Waals surface area contributed by atoms with E-state index in [2.05, 4.69) is 34.6 Å². The van der Waals surface area contributed by atoms with Gasteiger partial charge in [-0.15, -0.1) is 10.2 Å². The summed E-state index contributed by atoms with van der Waals surface area (Å²) in [4.78, 5) is 12.8. The van der Waals surface area contributed by atoms with Crippen LogP contribution in [0.15, 0.2) is 59.8 Å². The summed E-state index contributed by atoms with van der Waals surface area (Å²) in [6.07, 6.45) is 2.32. The molecule has 4 aromatic rings. The maximum Gasteiger partial charge on any atom is 0.230 e. The Morgan fingerprint density at radius 2 is 2.00 bits per heavy atom. The van der Waals surface area contributed by atoms with Gasteiger partial charge < -0.3 is 10.1 Å². The highest BCUT2D eigenvalue weighted by atomic mass is 32.2. The minimum atomic E-state index is 0.0106. The summed E-state index contributed by atoms with van der Waals surface area (Å²) in [7, 11) is 1.66. The predicted molar refractivity (Wildman–Crippen MR) is 123 cm³/mol. The van der Waals surface area contributed by atoms with Crippen molar-refractivity contribution in [3.05, 3.63) is 65.7 Å². The molecule has 2 aromatic carbocycles. The van der Waals surface area contributed by atoms with Crippen molar-refractivity contribution >= 4 is 34.2 Å². The molecule has 1 amide bonds. The molecule has 1 fully saturated rings. The van der Waals surface area contributed by atoms with Gasteiger partial charge in [0.1, 0.15) is 5.75 Å². The lowest BCUT2D eigenvalue weighted by molar-refractivity contribution is -0.119. The summed E-state index contributed by atoms with van der Waals surface area (Å²) < 4.78 is 7.41. The maximum absolute atomic E-state index is 12.8. The standard InChI is InChI=1S/C24H24N4O2S/c1-15-12-21-26-27-24(28(21)20-13-18(30-2)10-11-19(15)20)31-14-22(29)25-23(17-8-9-17)16-6-4-3-5-7-16/h3-7,10-13,17,23H,8-9,14H2,1-2H3,(H,25,29). The van der Waals surface area contributed by atoms with E-state index < -0.39 is 0 Å². The molecule has 2 heterocycles. The lowest BCUT2D eigenvalue weighted by Gasteiger charge is -2.18. The molecule has 158 valence electrons. The topological polar surface area (TPSA) is 68.5 Å². The lowest BCUT2D eigenvalue weighted by atomic mass is 10.0. The van der Waals surface area contributed by atoms with Crippen LogP contribution in [0, 0.1) is 12.8 Å². The van der Waals surface area contributed by atoms with Gasteiger partial charge in [-0.1, -0.05) is 42.1 Å². The summed E-state index contributed by atoms with van der Waals surface area (Å²) in [5, 5.41) is 13.7. The number of rotatable bonds is 7. The maximum atomic E-state index is 12.8. The first kappa shape index (κ1) is 19.9. The molecule has 31 heavy (non-hydrogen) atoms. The van der Waals surface area contributed by atoms with Gasteiger partial charge in [-0.05, 0) is 55.0 Å². The van der Waals surface area contributed by atoms with E-state index in [1.165, 1.54) is 17.3 Å². The number of methoxy groups -OCH3 is 1. The van der Waals surface area contributed by atoms with E-state index in [9.17, 15) is 4.79 Å². The van der Waals surface area contributed by atoms with Crippen molar-refractivity contribution in [1.29, 1.82) is 0 Å². The van der Waals surface area contributed by atoms with Crippen LogP contribution in [0.3, 0.4) is 0 Å². The predicted octanol–water partition coefficient (Wildman–Crippen LogP) is 4.56. The zero-order chi connectivity index (χ0) is 21.4. The van der Waals surface area contributed by atoms with Crippen molar-refractivity contribution in [3.63, 3.8) is 0 Å². The van der Waals surface area contributed by atoms with E-state index in [0.717, 1.165) is 40.7 Å². The van der Waals surface area contributed by atoms with Crippen LogP contribution >= 0.6 is 11.8 Å². The van der Waals surface area contributed by atoms with Gasteiger partial charge >= 0.3 is 0 Å². The molecule has 1 atom stereocenters. The summed E-state index contributed by atoms with van der Waals surface area (Å²) in [6, 6.07) is 18.3. The number of pyridine rings is 1. The van der Waals surface area contributed by atoms with E-state index in [4.69, 9.17) is 4.74 Å². The Labute approximate surface area is 185 Å². The van der Waals surface area contributed by atoms with Crippen molar-refractivity contribution in [3.8, 4) is 5.75 Å². The van der Waals surface area contributed by atoms with Crippen LogP contribution in [0.5, 0.6) is 5.75 Å².